The summed E-state index contributed by atoms with van der Waals surface area (Å²) in [5.41, 5.74) is 0.205. The average molecular weight is 316 g/mol. The highest BCUT2D eigenvalue weighted by molar-refractivity contribution is 7.12. The van der Waals surface area contributed by atoms with Crippen molar-refractivity contribution in [3.8, 4) is 5.75 Å². The fourth-order valence-electron chi connectivity index (χ4n) is 1.60. The third-order valence-electron chi connectivity index (χ3n) is 2.47. The number of hydrogen-bond acceptors (Lipinski definition) is 4. The van der Waals surface area contributed by atoms with Crippen LogP contribution in [-0.4, -0.2) is 17.5 Å². The number of hydrogen-bond donors (Lipinski definition) is 1. The van der Waals surface area contributed by atoms with E-state index in [1.54, 1.807) is 24.3 Å². The van der Waals surface area contributed by atoms with E-state index >= 15 is 0 Å². The molecule has 0 saturated heterocycles. The van der Waals surface area contributed by atoms with Crippen LogP contribution < -0.4 is 10.1 Å². The van der Waals surface area contributed by atoms with Gasteiger partial charge in [0.2, 0.25) is 0 Å². The van der Waals surface area contributed by atoms with Gasteiger partial charge in [-0.25, -0.2) is 4.98 Å². The van der Waals surface area contributed by atoms with Crippen LogP contribution >= 0.6 is 11.3 Å². The lowest BCUT2D eigenvalue weighted by Crippen LogP contribution is -2.17. The maximum atomic E-state index is 12.7. The van der Waals surface area contributed by atoms with Crippen molar-refractivity contribution >= 4 is 22.9 Å². The summed E-state index contributed by atoms with van der Waals surface area (Å²) in [6.07, 6.45) is -4.65. The minimum atomic E-state index is -4.65. The standard InChI is InChI=1S/C13H11F3N2O2S/c1-2-20-9-5-3-8(4-6-9)18-12(19)10-11(13(14,15)16)17-7-21-10/h3-7H,2H2,1H3,(H,18,19). The Labute approximate surface area is 122 Å². The topological polar surface area (TPSA) is 51.2 Å². The Morgan fingerprint density at radius 2 is 2.00 bits per heavy atom. The van der Waals surface area contributed by atoms with Crippen molar-refractivity contribution in [2.24, 2.45) is 0 Å². The number of amides is 1. The van der Waals surface area contributed by atoms with Crippen molar-refractivity contribution in [1.82, 2.24) is 4.98 Å². The molecule has 2 aromatic rings. The van der Waals surface area contributed by atoms with Crippen molar-refractivity contribution in [2.45, 2.75) is 13.1 Å². The third-order valence-corrected chi connectivity index (χ3v) is 3.29. The zero-order valence-electron chi connectivity index (χ0n) is 10.9. The number of alkyl halides is 3. The van der Waals surface area contributed by atoms with Crippen molar-refractivity contribution in [3.05, 3.63) is 40.3 Å². The van der Waals surface area contributed by atoms with Crippen LogP contribution in [0, 0.1) is 0 Å². The number of nitrogens with zero attached hydrogens (tertiary/aromatic N) is 1. The van der Waals surface area contributed by atoms with Gasteiger partial charge < -0.3 is 10.1 Å². The number of anilines is 1. The van der Waals surface area contributed by atoms with E-state index < -0.39 is 22.7 Å². The maximum absolute atomic E-state index is 12.7. The van der Waals surface area contributed by atoms with Gasteiger partial charge in [0.05, 0.1) is 12.1 Å². The summed E-state index contributed by atoms with van der Waals surface area (Å²) in [6.45, 7) is 2.33. The number of benzene rings is 1. The summed E-state index contributed by atoms with van der Waals surface area (Å²) >= 11 is 0.647. The van der Waals surface area contributed by atoms with Crippen LogP contribution in [0.3, 0.4) is 0 Å². The third kappa shape index (κ3) is 3.72. The van der Waals surface area contributed by atoms with E-state index in [-0.39, 0.29) is 0 Å². The number of carbonyl (C=O) groups is 1. The first-order valence-electron chi connectivity index (χ1n) is 5.96. The quantitative estimate of drug-likeness (QED) is 0.933. The van der Waals surface area contributed by atoms with E-state index in [4.69, 9.17) is 4.74 Å². The average Bonchev–Trinajstić information content (AvgIpc) is 2.90. The smallest absolute Gasteiger partial charge is 0.434 e. The van der Waals surface area contributed by atoms with Crippen molar-refractivity contribution < 1.29 is 22.7 Å². The molecule has 1 heterocycles. The molecule has 8 heteroatoms. The monoisotopic (exact) mass is 316 g/mol. The molecule has 0 aliphatic rings. The van der Waals surface area contributed by atoms with Crippen molar-refractivity contribution in [2.75, 3.05) is 11.9 Å². The zero-order chi connectivity index (χ0) is 15.5. The molecule has 21 heavy (non-hydrogen) atoms. The molecule has 0 spiro atoms. The van der Waals surface area contributed by atoms with Crippen LogP contribution in [0.15, 0.2) is 29.8 Å². The summed E-state index contributed by atoms with van der Waals surface area (Å²) in [5.74, 6) is -0.224. The molecule has 0 aliphatic heterocycles. The number of ether oxygens (including phenoxy) is 1. The predicted octanol–water partition coefficient (Wildman–Crippen LogP) is 3.81. The van der Waals surface area contributed by atoms with E-state index in [0.717, 1.165) is 5.51 Å². The molecule has 2 rings (SSSR count). The van der Waals surface area contributed by atoms with Gasteiger partial charge in [-0.2, -0.15) is 13.2 Å². The SMILES string of the molecule is CCOc1ccc(NC(=O)c2scnc2C(F)(F)F)cc1. The highest BCUT2D eigenvalue weighted by atomic mass is 32.1. The minimum absolute atomic E-state index is 0.380. The molecule has 1 amide bonds. The lowest BCUT2D eigenvalue weighted by molar-refractivity contribution is -0.141. The second kappa shape index (κ2) is 6.13. The molecule has 112 valence electrons. The Morgan fingerprint density at radius 3 is 2.57 bits per heavy atom. The first-order valence-corrected chi connectivity index (χ1v) is 6.84. The van der Waals surface area contributed by atoms with Gasteiger partial charge in [0.15, 0.2) is 5.69 Å². The Balaban J connectivity index is 2.13. The van der Waals surface area contributed by atoms with Crippen molar-refractivity contribution in [3.63, 3.8) is 0 Å². The molecule has 0 unspecified atom stereocenters. The van der Waals surface area contributed by atoms with Gasteiger partial charge in [0.1, 0.15) is 10.6 Å². The summed E-state index contributed by atoms with van der Waals surface area (Å²) < 4.78 is 43.2. The summed E-state index contributed by atoms with van der Waals surface area (Å²) in [6, 6.07) is 6.35. The normalized spacial score (nSPS) is 11.2. The largest absolute Gasteiger partial charge is 0.494 e. The van der Waals surface area contributed by atoms with Gasteiger partial charge in [-0.1, -0.05) is 0 Å². The summed E-state index contributed by atoms with van der Waals surface area (Å²) in [4.78, 5) is 14.6. The maximum Gasteiger partial charge on any atom is 0.434 e. The number of thiazole rings is 1. The molecule has 0 bridgehead atoms. The second-order valence-corrected chi connectivity index (χ2v) is 4.79. The summed E-state index contributed by atoms with van der Waals surface area (Å²) in [7, 11) is 0. The second-order valence-electron chi connectivity index (χ2n) is 3.94. The molecule has 0 fully saturated rings. The van der Waals surface area contributed by atoms with Gasteiger partial charge in [-0.05, 0) is 31.2 Å². The Kier molecular flexibility index (Phi) is 4.46. The minimum Gasteiger partial charge on any atom is -0.494 e. The zero-order valence-corrected chi connectivity index (χ0v) is 11.7. The molecule has 1 N–H and O–H groups in total. The molecular formula is C13H11F3N2O2S. The van der Waals surface area contributed by atoms with E-state index in [9.17, 15) is 18.0 Å². The van der Waals surface area contributed by atoms with Gasteiger partial charge in [-0.3, -0.25) is 4.79 Å². The molecule has 1 aromatic heterocycles. The molecule has 0 radical (unpaired) electrons. The van der Waals surface area contributed by atoms with Gasteiger partial charge in [-0.15, -0.1) is 11.3 Å². The number of aromatic nitrogens is 1. The molecule has 1 aromatic carbocycles. The van der Waals surface area contributed by atoms with Crippen LogP contribution in [-0.2, 0) is 6.18 Å². The van der Waals surface area contributed by atoms with Crippen LogP contribution in [0.5, 0.6) is 5.75 Å². The van der Waals surface area contributed by atoms with Crippen LogP contribution in [0.1, 0.15) is 22.3 Å². The van der Waals surface area contributed by atoms with E-state index in [0.29, 0.717) is 29.4 Å². The lowest BCUT2D eigenvalue weighted by atomic mass is 10.3. The fourth-order valence-corrected chi connectivity index (χ4v) is 2.30. The lowest BCUT2D eigenvalue weighted by Gasteiger charge is -2.08. The Bertz CT molecular complexity index is 623. The van der Waals surface area contributed by atoms with Gasteiger partial charge in [0.25, 0.3) is 5.91 Å². The van der Waals surface area contributed by atoms with E-state index in [2.05, 4.69) is 10.3 Å². The number of halogens is 3. The first-order chi connectivity index (χ1) is 9.91. The van der Waals surface area contributed by atoms with E-state index in [1.165, 1.54) is 0 Å². The fraction of sp³-hybridized carbons (Fsp3) is 0.231. The molecule has 0 saturated carbocycles. The predicted molar refractivity (Wildman–Crippen MR) is 72.7 cm³/mol. The molecule has 0 atom stereocenters. The molecular weight excluding hydrogens is 305 g/mol. The number of nitrogens with one attached hydrogen (secondary N) is 1. The Hall–Kier alpha value is -2.09. The van der Waals surface area contributed by atoms with E-state index in [1.807, 2.05) is 6.92 Å². The number of rotatable bonds is 4. The highest BCUT2D eigenvalue weighted by Crippen LogP contribution is 2.33. The summed E-state index contributed by atoms with van der Waals surface area (Å²) in [5, 5.41) is 2.40. The highest BCUT2D eigenvalue weighted by Gasteiger charge is 2.38. The first kappa shape index (κ1) is 15.3. The number of carbonyl (C=O) groups excluding carboxylic acids is 1. The van der Waals surface area contributed by atoms with Crippen molar-refractivity contribution in [1.29, 1.82) is 0 Å². The van der Waals surface area contributed by atoms with Crippen LogP contribution in [0.2, 0.25) is 0 Å². The van der Waals surface area contributed by atoms with Gasteiger partial charge in [0, 0.05) is 5.69 Å². The molecule has 4 nitrogen and oxygen atoms in total. The Morgan fingerprint density at radius 1 is 1.33 bits per heavy atom. The van der Waals surface area contributed by atoms with Crippen LogP contribution in [0.25, 0.3) is 0 Å². The van der Waals surface area contributed by atoms with Crippen LogP contribution in [0.4, 0.5) is 18.9 Å². The molecule has 0 aliphatic carbocycles. The van der Waals surface area contributed by atoms with Gasteiger partial charge >= 0.3 is 6.18 Å².